The van der Waals surface area contributed by atoms with Crippen LogP contribution in [0.3, 0.4) is 0 Å². The van der Waals surface area contributed by atoms with Crippen molar-refractivity contribution in [2.24, 2.45) is 16.7 Å². The number of nitrogens with one attached hydrogen (secondary N) is 1. The van der Waals surface area contributed by atoms with E-state index in [9.17, 15) is 0 Å². The van der Waals surface area contributed by atoms with E-state index in [4.69, 9.17) is 0 Å². The zero-order valence-electron chi connectivity index (χ0n) is 13.6. The molecule has 0 amide bonds. The molecule has 3 aliphatic rings. The summed E-state index contributed by atoms with van der Waals surface area (Å²) in [6.07, 6.45) is 5.58. The molecule has 1 N–H and O–H groups in total. The molecule has 0 aromatic carbocycles. The zero-order valence-corrected chi connectivity index (χ0v) is 15.2. The fourth-order valence-corrected chi connectivity index (χ4v) is 7.99. The van der Waals surface area contributed by atoms with Crippen LogP contribution >= 0.6 is 23.1 Å². The highest BCUT2D eigenvalue weighted by Crippen LogP contribution is 2.63. The summed E-state index contributed by atoms with van der Waals surface area (Å²) in [4.78, 5) is 0. The third-order valence-electron chi connectivity index (χ3n) is 6.55. The predicted molar refractivity (Wildman–Crippen MR) is 93.1 cm³/mol. The van der Waals surface area contributed by atoms with Gasteiger partial charge in [-0.15, -0.1) is 23.1 Å². The van der Waals surface area contributed by atoms with Crippen molar-refractivity contribution in [3.63, 3.8) is 0 Å². The van der Waals surface area contributed by atoms with Crippen LogP contribution in [0.4, 0.5) is 0 Å². The molecule has 0 saturated heterocycles. The highest BCUT2D eigenvalue weighted by atomic mass is 32.2. The molecule has 5 atom stereocenters. The summed E-state index contributed by atoms with van der Waals surface area (Å²) in [5, 5.41) is 7.16. The molecule has 0 radical (unpaired) electrons. The molecular formula is C18H27NS2. The van der Waals surface area contributed by atoms with E-state index >= 15 is 0 Å². The van der Waals surface area contributed by atoms with Crippen LogP contribution in [-0.4, -0.2) is 11.3 Å². The molecular weight excluding hydrogens is 294 g/mol. The van der Waals surface area contributed by atoms with Gasteiger partial charge >= 0.3 is 0 Å². The van der Waals surface area contributed by atoms with Crippen molar-refractivity contribution in [1.29, 1.82) is 0 Å². The topological polar surface area (TPSA) is 12.0 Å². The molecule has 2 fully saturated rings. The minimum atomic E-state index is 0.455. The maximum absolute atomic E-state index is 4.15. The Morgan fingerprint density at radius 1 is 1.29 bits per heavy atom. The number of thiophene rings is 1. The van der Waals surface area contributed by atoms with E-state index in [-0.39, 0.29) is 0 Å². The number of thioether (sulfide) groups is 1. The van der Waals surface area contributed by atoms with E-state index in [2.05, 4.69) is 56.2 Å². The number of hydrogen-bond donors (Lipinski definition) is 1. The first-order valence-corrected chi connectivity index (χ1v) is 10.2. The largest absolute Gasteiger partial charge is 0.306 e. The fraction of sp³-hybridized carbons (Fsp3) is 0.778. The molecule has 2 saturated carbocycles. The van der Waals surface area contributed by atoms with Crippen LogP contribution in [0.1, 0.15) is 65.0 Å². The van der Waals surface area contributed by atoms with E-state index in [1.165, 1.54) is 25.7 Å². The van der Waals surface area contributed by atoms with Gasteiger partial charge in [0.05, 0.1) is 4.21 Å². The molecule has 1 aromatic heterocycles. The van der Waals surface area contributed by atoms with Gasteiger partial charge in [0.2, 0.25) is 0 Å². The second-order valence-corrected chi connectivity index (χ2v) is 11.0. The first-order chi connectivity index (χ1) is 9.90. The van der Waals surface area contributed by atoms with Gasteiger partial charge in [-0.25, -0.2) is 0 Å². The van der Waals surface area contributed by atoms with E-state index in [1.807, 2.05) is 11.3 Å². The lowest BCUT2D eigenvalue weighted by Gasteiger charge is -2.46. The van der Waals surface area contributed by atoms with Crippen molar-refractivity contribution >= 4 is 23.1 Å². The Morgan fingerprint density at radius 2 is 2.10 bits per heavy atom. The SMILES string of the molecule is C[C@H]1CC(NC2C3(C)CCC(C3)C2(C)C)c2ccsc2S1. The molecule has 116 valence electrons. The Labute approximate surface area is 137 Å². The Balaban J connectivity index is 1.62. The third kappa shape index (κ3) is 2.14. The maximum Gasteiger partial charge on any atom is 0.0649 e. The van der Waals surface area contributed by atoms with Crippen LogP contribution in [-0.2, 0) is 0 Å². The Hall–Kier alpha value is 0.01000. The van der Waals surface area contributed by atoms with Gasteiger partial charge in [-0.05, 0) is 59.4 Å². The molecule has 3 heteroatoms. The summed E-state index contributed by atoms with van der Waals surface area (Å²) in [6, 6.07) is 3.61. The average molecular weight is 322 g/mol. The van der Waals surface area contributed by atoms with E-state index in [1.54, 1.807) is 9.77 Å². The van der Waals surface area contributed by atoms with E-state index < -0.39 is 0 Å². The number of hydrogen-bond acceptors (Lipinski definition) is 3. The standard InChI is InChI=1S/C18H27NS2/c1-11-9-14(13-6-8-20-15(13)21-11)19-16-17(2,3)12-5-7-18(16,4)10-12/h6,8,11-12,14,16,19H,5,7,9-10H2,1-4H3/t11-,12?,14?,16?,18?/m0/s1. The first kappa shape index (κ1) is 14.6. The maximum atomic E-state index is 4.15. The Kier molecular flexibility index (Phi) is 3.30. The van der Waals surface area contributed by atoms with Crippen LogP contribution in [0.2, 0.25) is 0 Å². The molecule has 4 rings (SSSR count). The molecule has 2 aliphatic carbocycles. The molecule has 21 heavy (non-hydrogen) atoms. The van der Waals surface area contributed by atoms with Gasteiger partial charge in [0.1, 0.15) is 0 Å². The Bertz CT molecular complexity index is 544. The van der Waals surface area contributed by atoms with Crippen LogP contribution < -0.4 is 5.32 Å². The van der Waals surface area contributed by atoms with Gasteiger partial charge in [0, 0.05) is 17.3 Å². The summed E-state index contributed by atoms with van der Waals surface area (Å²) < 4.78 is 1.55. The minimum Gasteiger partial charge on any atom is -0.306 e. The van der Waals surface area contributed by atoms with E-state index in [0.29, 0.717) is 22.9 Å². The summed E-state index contributed by atoms with van der Waals surface area (Å²) in [6.45, 7) is 9.94. The molecule has 1 nitrogen and oxygen atoms in total. The van der Waals surface area contributed by atoms with Crippen LogP contribution in [0, 0.1) is 16.7 Å². The second kappa shape index (κ2) is 4.75. The highest BCUT2D eigenvalue weighted by molar-refractivity contribution is 8.01. The predicted octanol–water partition coefficient (Wildman–Crippen LogP) is 5.48. The summed E-state index contributed by atoms with van der Waals surface area (Å²) >= 11 is 4.00. The number of fused-ring (bicyclic) bond motifs is 3. The van der Waals surface area contributed by atoms with Gasteiger partial charge in [-0.2, -0.15) is 0 Å². The average Bonchev–Trinajstić information content (AvgIpc) is 3.05. The lowest BCUT2D eigenvalue weighted by Crippen LogP contribution is -2.51. The Morgan fingerprint density at radius 3 is 2.81 bits per heavy atom. The van der Waals surface area contributed by atoms with Crippen LogP contribution in [0.25, 0.3) is 0 Å². The number of rotatable bonds is 2. The van der Waals surface area contributed by atoms with Gasteiger partial charge in [-0.1, -0.05) is 27.7 Å². The third-order valence-corrected chi connectivity index (χ3v) is 8.89. The monoisotopic (exact) mass is 321 g/mol. The zero-order chi connectivity index (χ0) is 14.8. The van der Waals surface area contributed by atoms with Gasteiger partial charge in [0.15, 0.2) is 0 Å². The molecule has 1 aromatic rings. The highest BCUT2D eigenvalue weighted by Gasteiger charge is 2.59. The molecule has 0 spiro atoms. The van der Waals surface area contributed by atoms with Gasteiger partial charge in [0.25, 0.3) is 0 Å². The molecule has 1 aliphatic heterocycles. The van der Waals surface area contributed by atoms with Crippen molar-refractivity contribution in [3.8, 4) is 0 Å². The summed E-state index contributed by atoms with van der Waals surface area (Å²) in [5.74, 6) is 0.928. The quantitative estimate of drug-likeness (QED) is 0.774. The van der Waals surface area contributed by atoms with Crippen molar-refractivity contribution in [2.75, 3.05) is 0 Å². The van der Waals surface area contributed by atoms with E-state index in [0.717, 1.165) is 11.2 Å². The van der Waals surface area contributed by atoms with Crippen molar-refractivity contribution in [2.45, 2.75) is 74.9 Å². The van der Waals surface area contributed by atoms with Crippen molar-refractivity contribution in [3.05, 3.63) is 17.0 Å². The second-order valence-electron chi connectivity index (χ2n) is 8.39. The minimum absolute atomic E-state index is 0.455. The lowest BCUT2D eigenvalue weighted by molar-refractivity contribution is 0.0965. The van der Waals surface area contributed by atoms with Crippen LogP contribution in [0.15, 0.2) is 15.7 Å². The molecule has 2 heterocycles. The summed E-state index contributed by atoms with van der Waals surface area (Å²) in [5.41, 5.74) is 2.56. The normalized spacial score (nSPS) is 44.0. The molecule has 2 bridgehead atoms. The first-order valence-electron chi connectivity index (χ1n) is 8.40. The fourth-order valence-electron chi connectivity index (χ4n) is 5.43. The lowest BCUT2D eigenvalue weighted by atomic mass is 9.68. The smallest absolute Gasteiger partial charge is 0.0649 e. The van der Waals surface area contributed by atoms with Crippen molar-refractivity contribution in [1.82, 2.24) is 5.32 Å². The van der Waals surface area contributed by atoms with Crippen LogP contribution in [0.5, 0.6) is 0 Å². The van der Waals surface area contributed by atoms with Gasteiger partial charge < -0.3 is 5.32 Å². The van der Waals surface area contributed by atoms with Crippen molar-refractivity contribution < 1.29 is 0 Å². The molecule has 4 unspecified atom stereocenters. The summed E-state index contributed by atoms with van der Waals surface area (Å²) in [7, 11) is 0. The van der Waals surface area contributed by atoms with Gasteiger partial charge in [-0.3, -0.25) is 0 Å².